The maximum absolute atomic E-state index is 12.0. The van der Waals surface area contributed by atoms with Gasteiger partial charge < -0.3 is 15.8 Å². The van der Waals surface area contributed by atoms with E-state index in [9.17, 15) is 14.4 Å². The molecule has 2 amide bonds. The van der Waals surface area contributed by atoms with Crippen molar-refractivity contribution in [2.75, 3.05) is 5.32 Å². The largest absolute Gasteiger partial charge is 0.449 e. The Morgan fingerprint density at radius 2 is 1.92 bits per heavy atom. The Bertz CT molecular complexity index is 751. The molecule has 0 saturated carbocycles. The van der Waals surface area contributed by atoms with Crippen molar-refractivity contribution in [3.8, 4) is 0 Å². The van der Waals surface area contributed by atoms with Gasteiger partial charge in [0.15, 0.2) is 6.10 Å². The smallest absolute Gasteiger partial charge is 0.331 e. The van der Waals surface area contributed by atoms with Gasteiger partial charge in [0.1, 0.15) is 0 Å². The first-order chi connectivity index (χ1) is 11.5. The second-order valence-corrected chi connectivity index (χ2v) is 5.84. The van der Waals surface area contributed by atoms with E-state index in [-0.39, 0.29) is 0 Å². The highest BCUT2D eigenvalue weighted by Crippen LogP contribution is 2.12. The molecule has 0 bridgehead atoms. The highest BCUT2D eigenvalue weighted by Gasteiger charge is 2.16. The van der Waals surface area contributed by atoms with Crippen LogP contribution in [-0.4, -0.2) is 23.9 Å². The van der Waals surface area contributed by atoms with Gasteiger partial charge in [0.25, 0.3) is 5.91 Å². The molecule has 6 nitrogen and oxygen atoms in total. The Hall–Kier alpha value is -2.93. The fraction of sp³-hybridized carbons (Fsp3) is 0.118. The van der Waals surface area contributed by atoms with E-state index < -0.39 is 23.9 Å². The zero-order valence-electron chi connectivity index (χ0n) is 12.9. The Balaban J connectivity index is 1.87. The molecule has 124 valence electrons. The molecule has 0 spiro atoms. The van der Waals surface area contributed by atoms with Crippen molar-refractivity contribution in [2.24, 2.45) is 5.73 Å². The molecule has 3 N–H and O–H groups in total. The number of esters is 1. The molecule has 1 atom stereocenters. The molecular formula is C17H16N2O4S. The number of rotatable bonds is 6. The molecule has 0 aliphatic rings. The number of nitrogens with one attached hydrogen (secondary N) is 1. The van der Waals surface area contributed by atoms with Crippen LogP contribution in [0, 0.1) is 0 Å². The van der Waals surface area contributed by atoms with Crippen LogP contribution >= 0.6 is 11.3 Å². The molecule has 0 aliphatic carbocycles. The van der Waals surface area contributed by atoms with E-state index >= 15 is 0 Å². The lowest BCUT2D eigenvalue weighted by Gasteiger charge is -2.12. The molecule has 0 radical (unpaired) electrons. The summed E-state index contributed by atoms with van der Waals surface area (Å²) < 4.78 is 5.04. The Labute approximate surface area is 142 Å². The van der Waals surface area contributed by atoms with Crippen molar-refractivity contribution in [3.05, 3.63) is 58.3 Å². The number of carbonyl (C=O) groups is 3. The molecule has 1 aromatic carbocycles. The number of nitrogens with two attached hydrogens (primary N) is 1. The topological polar surface area (TPSA) is 98.5 Å². The molecule has 7 heteroatoms. The third-order valence-corrected chi connectivity index (χ3v) is 3.86. The van der Waals surface area contributed by atoms with E-state index in [1.807, 2.05) is 17.5 Å². The molecule has 0 saturated heterocycles. The zero-order valence-corrected chi connectivity index (χ0v) is 13.7. The van der Waals surface area contributed by atoms with Gasteiger partial charge in [-0.3, -0.25) is 9.59 Å². The van der Waals surface area contributed by atoms with E-state index in [1.54, 1.807) is 18.2 Å². The van der Waals surface area contributed by atoms with Crippen molar-refractivity contribution in [1.29, 1.82) is 0 Å². The van der Waals surface area contributed by atoms with Gasteiger partial charge in [-0.1, -0.05) is 6.07 Å². The summed E-state index contributed by atoms with van der Waals surface area (Å²) >= 11 is 1.49. The van der Waals surface area contributed by atoms with Crippen molar-refractivity contribution in [2.45, 2.75) is 13.0 Å². The van der Waals surface area contributed by atoms with Gasteiger partial charge >= 0.3 is 5.97 Å². The van der Waals surface area contributed by atoms with Gasteiger partial charge in [-0.15, -0.1) is 11.3 Å². The lowest BCUT2D eigenvalue weighted by molar-refractivity contribution is -0.148. The summed E-state index contributed by atoms with van der Waals surface area (Å²) in [5, 5.41) is 4.49. The quantitative estimate of drug-likeness (QED) is 0.621. The number of carbonyl (C=O) groups excluding carboxylic acids is 3. The number of anilines is 1. The molecule has 0 fully saturated rings. The van der Waals surface area contributed by atoms with Crippen LogP contribution in [0.4, 0.5) is 5.69 Å². The first-order valence-electron chi connectivity index (χ1n) is 7.08. The number of hydrogen-bond donors (Lipinski definition) is 2. The molecule has 24 heavy (non-hydrogen) atoms. The second kappa shape index (κ2) is 8.07. The number of benzene rings is 1. The highest BCUT2D eigenvalue weighted by molar-refractivity contribution is 7.10. The van der Waals surface area contributed by atoms with Crippen LogP contribution in [0.1, 0.15) is 22.2 Å². The minimum absolute atomic E-state index is 0.339. The van der Waals surface area contributed by atoms with Crippen molar-refractivity contribution < 1.29 is 19.1 Å². The summed E-state index contributed by atoms with van der Waals surface area (Å²) in [4.78, 5) is 35.6. The van der Waals surface area contributed by atoms with Crippen molar-refractivity contribution in [3.63, 3.8) is 0 Å². The second-order valence-electron chi connectivity index (χ2n) is 4.86. The van der Waals surface area contributed by atoms with Gasteiger partial charge in [-0.05, 0) is 48.7 Å². The summed E-state index contributed by atoms with van der Waals surface area (Å²) in [5.41, 5.74) is 5.96. The summed E-state index contributed by atoms with van der Waals surface area (Å²) in [5.74, 6) is -1.62. The Kier molecular flexibility index (Phi) is 5.86. The van der Waals surface area contributed by atoms with Crippen LogP contribution < -0.4 is 11.1 Å². The van der Waals surface area contributed by atoms with Crippen LogP contribution in [0.25, 0.3) is 6.08 Å². The Morgan fingerprint density at radius 1 is 1.21 bits per heavy atom. The lowest BCUT2D eigenvalue weighted by atomic mass is 10.2. The number of thiophene rings is 1. The predicted octanol–water partition coefficient (Wildman–Crippen LogP) is 2.43. The summed E-state index contributed by atoms with van der Waals surface area (Å²) in [7, 11) is 0. The van der Waals surface area contributed by atoms with E-state index in [0.29, 0.717) is 11.3 Å². The van der Waals surface area contributed by atoms with E-state index in [0.717, 1.165) is 4.88 Å². The van der Waals surface area contributed by atoms with Crippen molar-refractivity contribution >= 4 is 40.9 Å². The molecule has 1 unspecified atom stereocenters. The molecule has 0 aliphatic heterocycles. The summed E-state index contributed by atoms with van der Waals surface area (Å²) in [6.07, 6.45) is 1.94. The van der Waals surface area contributed by atoms with Crippen LogP contribution in [-0.2, 0) is 14.3 Å². The maximum Gasteiger partial charge on any atom is 0.331 e. The minimum Gasteiger partial charge on any atom is -0.449 e. The van der Waals surface area contributed by atoms with Crippen LogP contribution in [0.2, 0.25) is 0 Å². The molecule has 1 aromatic heterocycles. The fourth-order valence-electron chi connectivity index (χ4n) is 1.77. The summed E-state index contributed by atoms with van der Waals surface area (Å²) in [6, 6.07) is 9.82. The van der Waals surface area contributed by atoms with Crippen LogP contribution in [0.5, 0.6) is 0 Å². The normalized spacial score (nSPS) is 11.9. The lowest BCUT2D eigenvalue weighted by Crippen LogP contribution is -2.29. The van der Waals surface area contributed by atoms with E-state index in [1.165, 1.54) is 36.5 Å². The number of primary amides is 1. The average molecular weight is 344 g/mol. The first kappa shape index (κ1) is 17.4. The average Bonchev–Trinajstić information content (AvgIpc) is 3.06. The highest BCUT2D eigenvalue weighted by atomic mass is 32.1. The zero-order chi connectivity index (χ0) is 17.5. The van der Waals surface area contributed by atoms with Gasteiger partial charge in [0.2, 0.25) is 5.91 Å². The molecule has 2 aromatic rings. The van der Waals surface area contributed by atoms with Gasteiger partial charge in [0, 0.05) is 22.2 Å². The van der Waals surface area contributed by atoms with Gasteiger partial charge in [-0.25, -0.2) is 4.79 Å². The molecule has 1 heterocycles. The van der Waals surface area contributed by atoms with E-state index in [2.05, 4.69) is 5.32 Å². The van der Waals surface area contributed by atoms with E-state index in [4.69, 9.17) is 10.5 Å². The third kappa shape index (κ3) is 5.06. The first-order valence-corrected chi connectivity index (χ1v) is 7.96. The number of amides is 2. The Morgan fingerprint density at radius 3 is 2.50 bits per heavy atom. The number of ether oxygens (including phenoxy) is 1. The molecular weight excluding hydrogens is 328 g/mol. The van der Waals surface area contributed by atoms with Crippen LogP contribution in [0.15, 0.2) is 47.9 Å². The minimum atomic E-state index is -0.957. The number of hydrogen-bond acceptors (Lipinski definition) is 5. The van der Waals surface area contributed by atoms with Crippen LogP contribution in [0.3, 0.4) is 0 Å². The SMILES string of the molecule is CC(OC(=O)/C=C/c1cccs1)C(=O)Nc1ccc(C(N)=O)cc1. The van der Waals surface area contributed by atoms with Gasteiger partial charge in [-0.2, -0.15) is 0 Å². The fourth-order valence-corrected chi connectivity index (χ4v) is 2.38. The third-order valence-electron chi connectivity index (χ3n) is 3.03. The van der Waals surface area contributed by atoms with Crippen molar-refractivity contribution in [1.82, 2.24) is 0 Å². The summed E-state index contributed by atoms with van der Waals surface area (Å²) in [6.45, 7) is 1.48. The monoisotopic (exact) mass is 344 g/mol. The predicted molar refractivity (Wildman–Crippen MR) is 92.5 cm³/mol. The standard InChI is InChI=1S/C17H16N2O4S/c1-11(23-15(20)9-8-14-3-2-10-24-14)17(22)19-13-6-4-12(5-7-13)16(18)21/h2-11H,1H3,(H2,18,21)(H,19,22)/b9-8+. The molecule has 2 rings (SSSR count). The maximum atomic E-state index is 12.0. The van der Waals surface area contributed by atoms with Gasteiger partial charge in [0.05, 0.1) is 0 Å².